The SMILES string of the molecule is CC(=O)c1ccc(S(=O)(=O)NCC#CCOc2ccc3cccnc3c2)cc1. The van der Waals surface area contributed by atoms with Crippen LogP contribution in [-0.2, 0) is 10.0 Å². The highest BCUT2D eigenvalue weighted by atomic mass is 32.2. The molecular weight excluding hydrogens is 376 g/mol. The summed E-state index contributed by atoms with van der Waals surface area (Å²) in [6.45, 7) is 1.51. The Bertz CT molecular complexity index is 1160. The first-order valence-corrected chi connectivity index (χ1v) is 9.98. The molecule has 1 heterocycles. The van der Waals surface area contributed by atoms with Gasteiger partial charge in [0.05, 0.1) is 17.0 Å². The van der Waals surface area contributed by atoms with E-state index in [1.807, 2.05) is 30.3 Å². The molecule has 0 unspecified atom stereocenters. The van der Waals surface area contributed by atoms with Gasteiger partial charge in [0.2, 0.25) is 10.0 Å². The molecule has 0 saturated carbocycles. The van der Waals surface area contributed by atoms with Gasteiger partial charge in [0, 0.05) is 23.2 Å². The maximum absolute atomic E-state index is 12.2. The number of Topliss-reactive ketones (excluding diaryl/α,β-unsaturated/α-hetero) is 1. The number of pyridine rings is 1. The average Bonchev–Trinajstić information content (AvgIpc) is 2.70. The number of ketones is 1. The number of ether oxygens (including phenoxy) is 1. The van der Waals surface area contributed by atoms with Gasteiger partial charge in [-0.2, -0.15) is 4.72 Å². The third-order valence-corrected chi connectivity index (χ3v) is 5.35. The van der Waals surface area contributed by atoms with Crippen LogP contribution < -0.4 is 9.46 Å². The molecule has 1 aromatic heterocycles. The molecule has 0 fully saturated rings. The van der Waals surface area contributed by atoms with Crippen molar-refractivity contribution in [3.63, 3.8) is 0 Å². The molecule has 0 aliphatic rings. The van der Waals surface area contributed by atoms with Crippen LogP contribution in [0, 0.1) is 11.8 Å². The molecule has 0 amide bonds. The molecule has 0 bridgehead atoms. The van der Waals surface area contributed by atoms with Crippen LogP contribution in [0.25, 0.3) is 10.9 Å². The Kier molecular flexibility index (Phi) is 6.04. The predicted molar refractivity (Wildman–Crippen MR) is 107 cm³/mol. The Morgan fingerprint density at radius 3 is 2.64 bits per heavy atom. The normalized spacial score (nSPS) is 10.9. The van der Waals surface area contributed by atoms with Crippen molar-refractivity contribution in [1.82, 2.24) is 9.71 Å². The standard InChI is InChI=1S/C21H18N2O4S/c1-16(24)17-7-10-20(11-8-17)28(25,26)23-13-2-3-14-27-19-9-6-18-5-4-12-22-21(18)15-19/h4-12,15,23H,13-14H2,1H3. The Balaban J connectivity index is 1.51. The van der Waals surface area contributed by atoms with Crippen LogP contribution in [0.2, 0.25) is 0 Å². The summed E-state index contributed by atoms with van der Waals surface area (Å²) in [6, 6.07) is 15.1. The maximum Gasteiger partial charge on any atom is 0.241 e. The summed E-state index contributed by atoms with van der Waals surface area (Å²) >= 11 is 0. The van der Waals surface area contributed by atoms with Crippen molar-refractivity contribution in [3.8, 4) is 17.6 Å². The quantitative estimate of drug-likeness (QED) is 0.513. The van der Waals surface area contributed by atoms with Crippen LogP contribution in [0.15, 0.2) is 65.7 Å². The zero-order chi connectivity index (χ0) is 20.0. The van der Waals surface area contributed by atoms with E-state index in [9.17, 15) is 13.2 Å². The number of nitrogens with zero attached hydrogens (tertiary/aromatic N) is 1. The second kappa shape index (κ2) is 8.65. The number of carbonyl (C=O) groups excluding carboxylic acids is 1. The van der Waals surface area contributed by atoms with Gasteiger partial charge in [0.25, 0.3) is 0 Å². The van der Waals surface area contributed by atoms with Gasteiger partial charge in [0.1, 0.15) is 12.4 Å². The molecule has 3 rings (SSSR count). The van der Waals surface area contributed by atoms with Gasteiger partial charge in [-0.3, -0.25) is 9.78 Å². The molecule has 1 N–H and O–H groups in total. The molecule has 0 spiro atoms. The van der Waals surface area contributed by atoms with Crippen LogP contribution in [0.3, 0.4) is 0 Å². The van der Waals surface area contributed by atoms with Crippen LogP contribution in [-0.4, -0.2) is 32.3 Å². The lowest BCUT2D eigenvalue weighted by molar-refractivity contribution is 0.101. The Morgan fingerprint density at radius 1 is 1.11 bits per heavy atom. The van der Waals surface area contributed by atoms with Crippen molar-refractivity contribution >= 4 is 26.7 Å². The Labute approximate surface area is 163 Å². The van der Waals surface area contributed by atoms with Gasteiger partial charge in [-0.1, -0.05) is 30.0 Å². The van der Waals surface area contributed by atoms with E-state index in [2.05, 4.69) is 21.5 Å². The van der Waals surface area contributed by atoms with Crippen molar-refractivity contribution in [1.29, 1.82) is 0 Å². The molecule has 0 aliphatic heterocycles. The second-order valence-corrected chi connectivity index (χ2v) is 7.67. The number of sulfonamides is 1. The molecule has 142 valence electrons. The summed E-state index contributed by atoms with van der Waals surface area (Å²) in [6.07, 6.45) is 1.71. The monoisotopic (exact) mass is 394 g/mol. The molecule has 7 heteroatoms. The highest BCUT2D eigenvalue weighted by Gasteiger charge is 2.12. The lowest BCUT2D eigenvalue weighted by Crippen LogP contribution is -2.24. The van der Waals surface area contributed by atoms with Crippen molar-refractivity contribution in [3.05, 3.63) is 66.4 Å². The summed E-state index contributed by atoms with van der Waals surface area (Å²) in [5.41, 5.74) is 1.29. The molecule has 3 aromatic rings. The molecule has 0 aliphatic carbocycles. The Hall–Kier alpha value is -3.21. The summed E-state index contributed by atoms with van der Waals surface area (Å²) in [5, 5.41) is 1.02. The van der Waals surface area contributed by atoms with Gasteiger partial charge < -0.3 is 4.74 Å². The number of carbonyl (C=O) groups is 1. The third-order valence-electron chi connectivity index (χ3n) is 3.94. The maximum atomic E-state index is 12.2. The lowest BCUT2D eigenvalue weighted by Gasteiger charge is -2.04. The zero-order valence-corrected chi connectivity index (χ0v) is 16.0. The van der Waals surface area contributed by atoms with Gasteiger partial charge in [-0.15, -0.1) is 0 Å². The molecule has 2 aromatic carbocycles. The summed E-state index contributed by atoms with van der Waals surface area (Å²) < 4.78 is 32.3. The first kappa shape index (κ1) is 19.5. The number of hydrogen-bond acceptors (Lipinski definition) is 5. The Morgan fingerprint density at radius 2 is 1.89 bits per heavy atom. The van der Waals surface area contributed by atoms with Crippen molar-refractivity contribution in [2.45, 2.75) is 11.8 Å². The zero-order valence-electron chi connectivity index (χ0n) is 15.2. The predicted octanol–water partition coefficient (Wildman–Crippen LogP) is 2.80. The van der Waals surface area contributed by atoms with Crippen molar-refractivity contribution in [2.75, 3.05) is 13.2 Å². The summed E-state index contributed by atoms with van der Waals surface area (Å²) in [7, 11) is -3.68. The fourth-order valence-electron chi connectivity index (χ4n) is 2.45. The molecular formula is C21H18N2O4S. The largest absolute Gasteiger partial charge is 0.481 e. The van der Waals surface area contributed by atoms with Crippen LogP contribution in [0.4, 0.5) is 0 Å². The number of rotatable bonds is 6. The second-order valence-electron chi connectivity index (χ2n) is 5.91. The minimum absolute atomic E-state index is 0.0422. The summed E-state index contributed by atoms with van der Waals surface area (Å²) in [4.78, 5) is 15.6. The summed E-state index contributed by atoms with van der Waals surface area (Å²) in [5.74, 6) is 6.00. The molecule has 0 atom stereocenters. The van der Waals surface area contributed by atoms with Crippen LogP contribution in [0.1, 0.15) is 17.3 Å². The topological polar surface area (TPSA) is 85.4 Å². The lowest BCUT2D eigenvalue weighted by atomic mass is 10.2. The number of fused-ring (bicyclic) bond motifs is 1. The molecule has 28 heavy (non-hydrogen) atoms. The average molecular weight is 394 g/mol. The first-order chi connectivity index (χ1) is 13.5. The van der Waals surface area contributed by atoms with E-state index >= 15 is 0 Å². The van der Waals surface area contributed by atoms with Gasteiger partial charge in [0.15, 0.2) is 5.78 Å². The number of aromatic nitrogens is 1. The van der Waals surface area contributed by atoms with Gasteiger partial charge in [-0.05, 0) is 37.3 Å². The third kappa shape index (κ3) is 4.94. The first-order valence-electron chi connectivity index (χ1n) is 8.50. The van der Waals surface area contributed by atoms with E-state index in [4.69, 9.17) is 4.74 Å². The number of nitrogens with one attached hydrogen (secondary N) is 1. The molecule has 0 radical (unpaired) electrons. The van der Waals surface area contributed by atoms with E-state index in [0.29, 0.717) is 11.3 Å². The van der Waals surface area contributed by atoms with E-state index in [1.54, 1.807) is 6.20 Å². The van der Waals surface area contributed by atoms with Gasteiger partial charge >= 0.3 is 0 Å². The van der Waals surface area contributed by atoms with E-state index in [0.717, 1.165) is 10.9 Å². The fourth-order valence-corrected chi connectivity index (χ4v) is 3.38. The highest BCUT2D eigenvalue weighted by molar-refractivity contribution is 7.89. The van der Waals surface area contributed by atoms with E-state index in [-0.39, 0.29) is 23.8 Å². The minimum Gasteiger partial charge on any atom is -0.481 e. The smallest absolute Gasteiger partial charge is 0.241 e. The van der Waals surface area contributed by atoms with Crippen molar-refractivity contribution < 1.29 is 17.9 Å². The number of hydrogen-bond donors (Lipinski definition) is 1. The molecule has 0 saturated heterocycles. The fraction of sp³-hybridized carbons (Fsp3) is 0.143. The van der Waals surface area contributed by atoms with Crippen molar-refractivity contribution in [2.24, 2.45) is 0 Å². The molecule has 6 nitrogen and oxygen atoms in total. The van der Waals surface area contributed by atoms with E-state index in [1.165, 1.54) is 31.2 Å². The highest BCUT2D eigenvalue weighted by Crippen LogP contribution is 2.18. The van der Waals surface area contributed by atoms with E-state index < -0.39 is 10.0 Å². The van der Waals surface area contributed by atoms with Crippen LogP contribution in [0.5, 0.6) is 5.75 Å². The van der Waals surface area contributed by atoms with Crippen LogP contribution >= 0.6 is 0 Å². The van der Waals surface area contributed by atoms with Gasteiger partial charge in [-0.25, -0.2) is 8.42 Å². The number of benzene rings is 2. The minimum atomic E-state index is -3.68.